The maximum Gasteiger partial charge on any atom is 0.321 e. The molecule has 0 saturated heterocycles. The topological polar surface area (TPSA) is 47.0 Å². The van der Waals surface area contributed by atoms with Crippen molar-refractivity contribution in [2.24, 2.45) is 0 Å². The van der Waals surface area contributed by atoms with E-state index in [1.807, 2.05) is 6.92 Å². The summed E-state index contributed by atoms with van der Waals surface area (Å²) in [6.45, 7) is 8.81. The van der Waals surface area contributed by atoms with E-state index in [-0.39, 0.29) is 17.3 Å². The van der Waals surface area contributed by atoms with Crippen LogP contribution in [0.25, 0.3) is 0 Å². The molecule has 0 bridgehead atoms. The summed E-state index contributed by atoms with van der Waals surface area (Å²) in [5.41, 5.74) is 1.89. The van der Waals surface area contributed by atoms with Crippen molar-refractivity contribution in [3.63, 3.8) is 0 Å². The standard InChI is InChI=1S/C16H20FN3O/c1-11-5-6-13(17)14(7-11)21-15-18-8-12(9-19-15)10-20-16(2,3)4/h5-9,20H,10H2,1-4H3. The maximum atomic E-state index is 13.6. The van der Waals surface area contributed by atoms with E-state index >= 15 is 0 Å². The second-order valence-corrected chi connectivity index (χ2v) is 6.01. The van der Waals surface area contributed by atoms with Gasteiger partial charge in [0.2, 0.25) is 0 Å². The van der Waals surface area contributed by atoms with Crippen LogP contribution in [0.3, 0.4) is 0 Å². The van der Waals surface area contributed by atoms with E-state index < -0.39 is 5.82 Å². The molecule has 2 aromatic rings. The molecule has 0 atom stereocenters. The number of aryl methyl sites for hydroxylation is 1. The quantitative estimate of drug-likeness (QED) is 0.934. The Kier molecular flexibility index (Phi) is 4.53. The lowest BCUT2D eigenvalue weighted by Gasteiger charge is -2.20. The van der Waals surface area contributed by atoms with Gasteiger partial charge in [-0.3, -0.25) is 0 Å². The number of hydrogen-bond acceptors (Lipinski definition) is 4. The van der Waals surface area contributed by atoms with E-state index in [0.29, 0.717) is 6.54 Å². The molecule has 0 unspecified atom stereocenters. The fraction of sp³-hybridized carbons (Fsp3) is 0.375. The first-order chi connectivity index (χ1) is 9.83. The molecule has 0 saturated carbocycles. The van der Waals surface area contributed by atoms with Crippen molar-refractivity contribution < 1.29 is 9.13 Å². The predicted octanol–water partition coefficient (Wildman–Crippen LogP) is 3.60. The lowest BCUT2D eigenvalue weighted by molar-refractivity contribution is 0.406. The summed E-state index contributed by atoms with van der Waals surface area (Å²) in [6.07, 6.45) is 3.35. The second-order valence-electron chi connectivity index (χ2n) is 6.01. The van der Waals surface area contributed by atoms with E-state index in [2.05, 4.69) is 36.1 Å². The van der Waals surface area contributed by atoms with Gasteiger partial charge in [-0.05, 0) is 45.4 Å². The summed E-state index contributed by atoms with van der Waals surface area (Å²) in [6, 6.07) is 4.81. The molecule has 0 aliphatic rings. The highest BCUT2D eigenvalue weighted by atomic mass is 19.1. The third-order valence-electron chi connectivity index (χ3n) is 2.79. The Morgan fingerprint density at radius 1 is 1.19 bits per heavy atom. The zero-order valence-corrected chi connectivity index (χ0v) is 12.8. The van der Waals surface area contributed by atoms with Gasteiger partial charge >= 0.3 is 6.01 Å². The van der Waals surface area contributed by atoms with Gasteiger partial charge in [-0.1, -0.05) is 6.07 Å². The Morgan fingerprint density at radius 3 is 2.48 bits per heavy atom. The van der Waals surface area contributed by atoms with Crippen LogP contribution in [0.4, 0.5) is 4.39 Å². The van der Waals surface area contributed by atoms with Crippen molar-refractivity contribution in [3.05, 3.63) is 47.5 Å². The van der Waals surface area contributed by atoms with Crippen molar-refractivity contribution in [1.29, 1.82) is 0 Å². The molecular weight excluding hydrogens is 269 g/mol. The molecule has 112 valence electrons. The third kappa shape index (κ3) is 4.79. The SMILES string of the molecule is Cc1ccc(F)c(Oc2ncc(CNC(C)(C)C)cn2)c1. The number of nitrogens with zero attached hydrogens (tertiary/aromatic N) is 2. The number of halogens is 1. The number of nitrogens with one attached hydrogen (secondary N) is 1. The predicted molar refractivity (Wildman–Crippen MR) is 79.8 cm³/mol. The highest BCUT2D eigenvalue weighted by molar-refractivity contribution is 5.31. The van der Waals surface area contributed by atoms with Crippen molar-refractivity contribution in [3.8, 4) is 11.8 Å². The van der Waals surface area contributed by atoms with Crippen molar-refractivity contribution >= 4 is 0 Å². The van der Waals surface area contributed by atoms with Gasteiger partial charge in [0.1, 0.15) is 0 Å². The van der Waals surface area contributed by atoms with E-state index in [1.54, 1.807) is 24.5 Å². The number of ether oxygens (including phenoxy) is 1. The largest absolute Gasteiger partial charge is 0.421 e. The fourth-order valence-corrected chi connectivity index (χ4v) is 1.64. The van der Waals surface area contributed by atoms with Gasteiger partial charge in [0.15, 0.2) is 11.6 Å². The van der Waals surface area contributed by atoms with Gasteiger partial charge in [0.05, 0.1) is 0 Å². The average Bonchev–Trinajstić information content (AvgIpc) is 2.41. The second kappa shape index (κ2) is 6.18. The summed E-state index contributed by atoms with van der Waals surface area (Å²) < 4.78 is 19.0. The number of hydrogen-bond donors (Lipinski definition) is 1. The zero-order valence-electron chi connectivity index (χ0n) is 12.8. The highest BCUT2D eigenvalue weighted by Gasteiger charge is 2.10. The van der Waals surface area contributed by atoms with Crippen LogP contribution in [0.15, 0.2) is 30.6 Å². The molecule has 2 rings (SSSR count). The lowest BCUT2D eigenvalue weighted by atomic mass is 10.1. The van der Waals surface area contributed by atoms with Crippen molar-refractivity contribution in [2.75, 3.05) is 0 Å². The minimum absolute atomic E-state index is 0.0276. The van der Waals surface area contributed by atoms with Crippen LogP contribution in [0, 0.1) is 12.7 Å². The first-order valence-electron chi connectivity index (χ1n) is 6.83. The molecule has 1 aromatic carbocycles. The molecule has 0 aliphatic carbocycles. The summed E-state index contributed by atoms with van der Waals surface area (Å²) in [5, 5.41) is 3.34. The normalized spacial score (nSPS) is 11.5. The molecule has 0 amide bonds. The van der Waals surface area contributed by atoms with Gasteiger partial charge < -0.3 is 10.1 Å². The van der Waals surface area contributed by atoms with E-state index in [4.69, 9.17) is 4.74 Å². The number of rotatable bonds is 4. The first kappa shape index (κ1) is 15.4. The summed E-state index contributed by atoms with van der Waals surface area (Å²) >= 11 is 0. The Morgan fingerprint density at radius 2 is 1.86 bits per heavy atom. The smallest absolute Gasteiger partial charge is 0.321 e. The lowest BCUT2D eigenvalue weighted by Crippen LogP contribution is -2.35. The van der Waals surface area contributed by atoms with Crippen LogP contribution in [0.2, 0.25) is 0 Å². The molecule has 0 radical (unpaired) electrons. The molecule has 0 spiro atoms. The maximum absolute atomic E-state index is 13.6. The third-order valence-corrected chi connectivity index (χ3v) is 2.79. The molecule has 1 N–H and O–H groups in total. The van der Waals surface area contributed by atoms with Gasteiger partial charge in [-0.2, -0.15) is 0 Å². The highest BCUT2D eigenvalue weighted by Crippen LogP contribution is 2.22. The molecule has 0 fully saturated rings. The van der Waals surface area contributed by atoms with Crippen LogP contribution in [-0.2, 0) is 6.54 Å². The summed E-state index contributed by atoms with van der Waals surface area (Å²) in [7, 11) is 0. The van der Waals surface area contributed by atoms with Crippen LogP contribution >= 0.6 is 0 Å². The van der Waals surface area contributed by atoms with E-state index in [0.717, 1.165) is 11.1 Å². The minimum Gasteiger partial charge on any atom is -0.421 e. The Bertz CT molecular complexity index is 606. The molecule has 0 aliphatic heterocycles. The Labute approximate surface area is 124 Å². The van der Waals surface area contributed by atoms with Gasteiger partial charge in [-0.25, -0.2) is 14.4 Å². The molecular formula is C16H20FN3O. The van der Waals surface area contributed by atoms with Crippen molar-refractivity contribution in [1.82, 2.24) is 15.3 Å². The summed E-state index contributed by atoms with van der Waals surface area (Å²) in [5.74, 6) is -0.293. The Hall–Kier alpha value is -2.01. The zero-order chi connectivity index (χ0) is 15.5. The molecule has 1 heterocycles. The van der Waals surface area contributed by atoms with Crippen LogP contribution in [-0.4, -0.2) is 15.5 Å². The molecule has 21 heavy (non-hydrogen) atoms. The average molecular weight is 289 g/mol. The van der Waals surface area contributed by atoms with Crippen LogP contribution in [0.5, 0.6) is 11.8 Å². The van der Waals surface area contributed by atoms with Gasteiger partial charge in [-0.15, -0.1) is 0 Å². The van der Waals surface area contributed by atoms with E-state index in [1.165, 1.54) is 6.07 Å². The monoisotopic (exact) mass is 289 g/mol. The number of aromatic nitrogens is 2. The van der Waals surface area contributed by atoms with Gasteiger partial charge in [0.25, 0.3) is 0 Å². The van der Waals surface area contributed by atoms with Crippen LogP contribution < -0.4 is 10.1 Å². The first-order valence-corrected chi connectivity index (χ1v) is 6.83. The van der Waals surface area contributed by atoms with Crippen LogP contribution in [0.1, 0.15) is 31.9 Å². The fourth-order valence-electron chi connectivity index (χ4n) is 1.64. The van der Waals surface area contributed by atoms with Gasteiger partial charge in [0, 0.05) is 30.0 Å². The minimum atomic E-state index is -0.428. The Balaban J connectivity index is 2.04. The van der Waals surface area contributed by atoms with Crippen molar-refractivity contribution in [2.45, 2.75) is 39.8 Å². The summed E-state index contributed by atoms with van der Waals surface area (Å²) in [4.78, 5) is 8.21. The molecule has 1 aromatic heterocycles. The number of benzene rings is 1. The van der Waals surface area contributed by atoms with E-state index in [9.17, 15) is 4.39 Å². The molecule has 5 heteroatoms. The molecule has 4 nitrogen and oxygen atoms in total.